The number of phenolic OH excluding ortho intramolecular Hbond substituents is 1. The quantitative estimate of drug-likeness (QED) is 0.656. The normalized spacial score (nSPS) is 11.2. The van der Waals surface area contributed by atoms with Crippen molar-refractivity contribution >= 4 is 15.9 Å². The van der Waals surface area contributed by atoms with E-state index < -0.39 is 10.0 Å². The molecule has 0 saturated carbocycles. The van der Waals surface area contributed by atoms with E-state index in [9.17, 15) is 18.3 Å². The molecule has 1 rings (SSSR count). The Balaban J connectivity index is 2.54. The zero-order chi connectivity index (χ0) is 13.8. The Bertz CT molecular complexity index is 540. The molecular formula is C11H16N2O4S. The molecule has 7 heteroatoms. The highest BCUT2D eigenvalue weighted by molar-refractivity contribution is 7.88. The third-order valence-electron chi connectivity index (χ3n) is 2.32. The van der Waals surface area contributed by atoms with Crippen molar-refractivity contribution in [3.05, 3.63) is 29.3 Å². The van der Waals surface area contributed by atoms with Gasteiger partial charge in [-0.2, -0.15) is 0 Å². The third-order valence-corrected chi connectivity index (χ3v) is 3.05. The summed E-state index contributed by atoms with van der Waals surface area (Å²) in [6.07, 6.45) is 1.05. The van der Waals surface area contributed by atoms with Gasteiger partial charge >= 0.3 is 0 Å². The highest BCUT2D eigenvalue weighted by Crippen LogP contribution is 2.19. The van der Waals surface area contributed by atoms with Gasteiger partial charge in [-0.1, -0.05) is 6.07 Å². The summed E-state index contributed by atoms with van der Waals surface area (Å²) in [4.78, 5) is 11.7. The maximum absolute atomic E-state index is 11.7. The smallest absolute Gasteiger partial charge is 0.251 e. The van der Waals surface area contributed by atoms with Crippen molar-refractivity contribution < 1.29 is 18.3 Å². The first-order chi connectivity index (χ1) is 8.31. The van der Waals surface area contributed by atoms with Crippen LogP contribution < -0.4 is 10.0 Å². The van der Waals surface area contributed by atoms with Crippen LogP contribution in [0.25, 0.3) is 0 Å². The van der Waals surface area contributed by atoms with E-state index in [1.807, 2.05) is 0 Å². The van der Waals surface area contributed by atoms with E-state index in [0.29, 0.717) is 11.1 Å². The van der Waals surface area contributed by atoms with Crippen LogP contribution in [0.1, 0.15) is 15.9 Å². The number of carbonyl (C=O) groups excluding carboxylic acids is 1. The van der Waals surface area contributed by atoms with Crippen molar-refractivity contribution in [1.82, 2.24) is 10.0 Å². The number of carbonyl (C=O) groups is 1. The van der Waals surface area contributed by atoms with Crippen LogP contribution in [-0.2, 0) is 10.0 Å². The number of nitrogens with one attached hydrogen (secondary N) is 2. The second-order valence-electron chi connectivity index (χ2n) is 3.87. The van der Waals surface area contributed by atoms with Crippen molar-refractivity contribution in [2.45, 2.75) is 6.92 Å². The van der Waals surface area contributed by atoms with Gasteiger partial charge in [0.1, 0.15) is 5.75 Å². The summed E-state index contributed by atoms with van der Waals surface area (Å²) in [7, 11) is -3.24. The maximum atomic E-state index is 11.7. The fourth-order valence-electron chi connectivity index (χ4n) is 1.38. The number of hydrogen-bond acceptors (Lipinski definition) is 4. The summed E-state index contributed by atoms with van der Waals surface area (Å²) in [5.41, 5.74) is 0.862. The van der Waals surface area contributed by atoms with E-state index in [0.717, 1.165) is 6.26 Å². The topological polar surface area (TPSA) is 95.5 Å². The van der Waals surface area contributed by atoms with E-state index in [4.69, 9.17) is 0 Å². The van der Waals surface area contributed by atoms with Crippen LogP contribution in [-0.4, -0.2) is 38.8 Å². The lowest BCUT2D eigenvalue weighted by Gasteiger charge is -2.08. The molecule has 1 aromatic rings. The standard InChI is InChI=1S/C11H16N2O4S/c1-8-9(4-3-5-10(8)14)11(15)12-6-7-13-18(2,16)17/h3-5,13-14H,6-7H2,1-2H3,(H,12,15). The SMILES string of the molecule is Cc1c(O)cccc1C(=O)NCCNS(C)(=O)=O. The van der Waals surface area contributed by atoms with E-state index in [-0.39, 0.29) is 24.7 Å². The Kier molecular flexibility index (Phi) is 4.69. The summed E-state index contributed by atoms with van der Waals surface area (Å²) in [6.45, 7) is 1.95. The Morgan fingerprint density at radius 1 is 1.33 bits per heavy atom. The highest BCUT2D eigenvalue weighted by Gasteiger charge is 2.10. The molecular weight excluding hydrogens is 256 g/mol. The van der Waals surface area contributed by atoms with Crippen molar-refractivity contribution in [1.29, 1.82) is 0 Å². The molecule has 0 bridgehead atoms. The third kappa shape index (κ3) is 4.34. The first-order valence-electron chi connectivity index (χ1n) is 5.32. The molecule has 1 aromatic carbocycles. The molecule has 0 spiro atoms. The molecule has 0 atom stereocenters. The van der Waals surface area contributed by atoms with Crippen molar-refractivity contribution in [2.75, 3.05) is 19.3 Å². The predicted octanol–water partition coefficient (Wildman–Crippen LogP) is -0.0204. The molecule has 0 aliphatic rings. The van der Waals surface area contributed by atoms with Gasteiger partial charge in [-0.3, -0.25) is 4.79 Å². The average Bonchev–Trinajstić information content (AvgIpc) is 2.26. The number of phenols is 1. The minimum absolute atomic E-state index is 0.0527. The number of aromatic hydroxyl groups is 1. The first kappa shape index (κ1) is 14.5. The number of benzene rings is 1. The van der Waals surface area contributed by atoms with Crippen LogP contribution in [0.5, 0.6) is 5.75 Å². The minimum Gasteiger partial charge on any atom is -0.508 e. The van der Waals surface area contributed by atoms with Gasteiger partial charge in [0.15, 0.2) is 0 Å². The van der Waals surface area contributed by atoms with Crippen molar-refractivity contribution in [3.63, 3.8) is 0 Å². The van der Waals surface area contributed by atoms with Gasteiger partial charge in [0.25, 0.3) is 5.91 Å². The first-order valence-corrected chi connectivity index (χ1v) is 7.22. The molecule has 0 aliphatic carbocycles. The molecule has 0 aliphatic heterocycles. The van der Waals surface area contributed by atoms with Crippen LogP contribution >= 0.6 is 0 Å². The zero-order valence-corrected chi connectivity index (χ0v) is 11.0. The van der Waals surface area contributed by atoms with Gasteiger partial charge in [0.2, 0.25) is 10.0 Å². The van der Waals surface area contributed by atoms with Crippen LogP contribution in [0.2, 0.25) is 0 Å². The van der Waals surface area contributed by atoms with Crippen molar-refractivity contribution in [3.8, 4) is 5.75 Å². The van der Waals surface area contributed by atoms with Gasteiger partial charge in [-0.05, 0) is 19.1 Å². The predicted molar refractivity (Wildman–Crippen MR) is 68.0 cm³/mol. The van der Waals surface area contributed by atoms with Gasteiger partial charge in [0.05, 0.1) is 6.26 Å². The fraction of sp³-hybridized carbons (Fsp3) is 0.364. The molecule has 0 saturated heterocycles. The second-order valence-corrected chi connectivity index (χ2v) is 5.71. The van der Waals surface area contributed by atoms with Crippen LogP contribution in [0.4, 0.5) is 0 Å². The average molecular weight is 272 g/mol. The van der Waals surface area contributed by atoms with E-state index in [1.54, 1.807) is 19.1 Å². The van der Waals surface area contributed by atoms with Gasteiger partial charge in [0, 0.05) is 24.2 Å². The molecule has 0 fully saturated rings. The summed E-state index contributed by atoms with van der Waals surface area (Å²) in [5.74, 6) is -0.296. The molecule has 0 heterocycles. The summed E-state index contributed by atoms with van der Waals surface area (Å²) < 4.78 is 23.8. The number of hydrogen-bond donors (Lipinski definition) is 3. The lowest BCUT2D eigenvalue weighted by Crippen LogP contribution is -2.34. The van der Waals surface area contributed by atoms with Gasteiger partial charge in [-0.25, -0.2) is 13.1 Å². The largest absolute Gasteiger partial charge is 0.508 e. The summed E-state index contributed by atoms with van der Waals surface area (Å²) >= 11 is 0. The number of sulfonamides is 1. The van der Waals surface area contributed by atoms with E-state index >= 15 is 0 Å². The zero-order valence-electron chi connectivity index (χ0n) is 10.2. The Morgan fingerprint density at radius 3 is 2.61 bits per heavy atom. The molecule has 1 amide bonds. The van der Waals surface area contributed by atoms with Crippen molar-refractivity contribution in [2.24, 2.45) is 0 Å². The van der Waals surface area contributed by atoms with Crippen LogP contribution in [0.15, 0.2) is 18.2 Å². The molecule has 0 aromatic heterocycles. The Hall–Kier alpha value is -1.60. The molecule has 0 unspecified atom stereocenters. The maximum Gasteiger partial charge on any atom is 0.251 e. The second kappa shape index (κ2) is 5.83. The van der Waals surface area contributed by atoms with E-state index in [1.165, 1.54) is 6.07 Å². The molecule has 6 nitrogen and oxygen atoms in total. The molecule has 0 radical (unpaired) electrons. The fourth-order valence-corrected chi connectivity index (χ4v) is 1.85. The number of amides is 1. The van der Waals surface area contributed by atoms with Gasteiger partial charge in [-0.15, -0.1) is 0 Å². The minimum atomic E-state index is -3.24. The summed E-state index contributed by atoms with van der Waals surface area (Å²) in [6, 6.07) is 4.66. The Morgan fingerprint density at radius 2 is 2.00 bits per heavy atom. The van der Waals surface area contributed by atoms with Crippen LogP contribution in [0.3, 0.4) is 0 Å². The summed E-state index contributed by atoms with van der Waals surface area (Å²) in [5, 5.41) is 12.0. The molecule has 18 heavy (non-hydrogen) atoms. The Labute approximate surface area is 106 Å². The lowest BCUT2D eigenvalue weighted by atomic mass is 10.1. The monoisotopic (exact) mass is 272 g/mol. The molecule has 100 valence electrons. The molecule has 3 N–H and O–H groups in total. The van der Waals surface area contributed by atoms with Gasteiger partial charge < -0.3 is 10.4 Å². The van der Waals surface area contributed by atoms with Crippen LogP contribution in [0, 0.1) is 6.92 Å². The lowest BCUT2D eigenvalue weighted by molar-refractivity contribution is 0.0953. The van der Waals surface area contributed by atoms with E-state index in [2.05, 4.69) is 10.0 Å². The number of rotatable bonds is 5. The highest BCUT2D eigenvalue weighted by atomic mass is 32.2.